The van der Waals surface area contributed by atoms with E-state index in [1.807, 2.05) is 66.7 Å². The van der Waals surface area contributed by atoms with Crippen LogP contribution in [0.25, 0.3) is 0 Å². The van der Waals surface area contributed by atoms with E-state index in [9.17, 15) is 8.42 Å². The van der Waals surface area contributed by atoms with Gasteiger partial charge < -0.3 is 5.32 Å². The van der Waals surface area contributed by atoms with Gasteiger partial charge in [-0.15, -0.1) is 0 Å². The van der Waals surface area contributed by atoms with Crippen LogP contribution in [0.5, 0.6) is 0 Å². The van der Waals surface area contributed by atoms with Crippen LogP contribution in [0, 0.1) is 0 Å². The highest BCUT2D eigenvalue weighted by Gasteiger charge is 2.11. The summed E-state index contributed by atoms with van der Waals surface area (Å²) in [5.74, 6) is 0.343. The first kappa shape index (κ1) is 17.9. The van der Waals surface area contributed by atoms with Crippen LogP contribution < -0.4 is 10.0 Å². The predicted molar refractivity (Wildman–Crippen MR) is 106 cm³/mol. The maximum atomic E-state index is 12.2. The van der Waals surface area contributed by atoms with Crippen LogP contribution in [0.2, 0.25) is 0 Å². The summed E-state index contributed by atoms with van der Waals surface area (Å²) in [5, 5.41) is 3.26. The van der Waals surface area contributed by atoms with Gasteiger partial charge in [0.1, 0.15) is 5.82 Å². The van der Waals surface area contributed by atoms with Gasteiger partial charge in [-0.3, -0.25) is 4.72 Å². The Kier molecular flexibility index (Phi) is 5.86. The lowest BCUT2D eigenvalue weighted by Gasteiger charge is -2.09. The van der Waals surface area contributed by atoms with Crippen LogP contribution in [0.3, 0.4) is 0 Å². The van der Waals surface area contributed by atoms with Gasteiger partial charge >= 0.3 is 0 Å². The fraction of sp³-hybridized carbons (Fsp3) is 0.150. The molecule has 134 valence electrons. The number of hydrogen-bond donors (Lipinski definition) is 2. The molecule has 0 saturated heterocycles. The van der Waals surface area contributed by atoms with Crippen molar-refractivity contribution in [3.8, 4) is 0 Å². The molecule has 0 fully saturated rings. The molecule has 0 atom stereocenters. The number of sulfonamides is 1. The predicted octanol–water partition coefficient (Wildman–Crippen LogP) is 3.68. The Morgan fingerprint density at radius 1 is 0.808 bits per heavy atom. The number of nitrogens with one attached hydrogen (secondary N) is 2. The van der Waals surface area contributed by atoms with Gasteiger partial charge in [-0.2, -0.15) is 0 Å². The highest BCUT2D eigenvalue weighted by atomic mass is 32.2. The van der Waals surface area contributed by atoms with Crippen molar-refractivity contribution in [3.63, 3.8) is 0 Å². The monoisotopic (exact) mass is 367 g/mol. The molecule has 6 heteroatoms. The van der Waals surface area contributed by atoms with E-state index < -0.39 is 10.0 Å². The molecule has 0 radical (unpaired) electrons. The molecule has 3 aromatic rings. The van der Waals surface area contributed by atoms with Gasteiger partial charge in [0.25, 0.3) is 0 Å². The van der Waals surface area contributed by atoms with E-state index in [4.69, 9.17) is 0 Å². The summed E-state index contributed by atoms with van der Waals surface area (Å²) in [4.78, 5) is 4.18. The third-order valence-corrected chi connectivity index (χ3v) is 5.13. The minimum atomic E-state index is -3.43. The van der Waals surface area contributed by atoms with Crippen molar-refractivity contribution in [2.24, 2.45) is 0 Å². The lowest BCUT2D eigenvalue weighted by molar-refractivity contribution is 0.600. The summed E-state index contributed by atoms with van der Waals surface area (Å²) >= 11 is 0. The molecule has 0 aliphatic rings. The molecule has 0 amide bonds. The molecule has 0 aliphatic carbocycles. The van der Waals surface area contributed by atoms with Crippen LogP contribution in [-0.4, -0.2) is 19.2 Å². The second-order valence-corrected chi connectivity index (χ2v) is 7.77. The third kappa shape index (κ3) is 5.60. The molecular formula is C20H21N3O2S. The Morgan fingerprint density at radius 2 is 1.46 bits per heavy atom. The van der Waals surface area contributed by atoms with Crippen molar-refractivity contribution in [3.05, 3.63) is 90.1 Å². The number of aryl methyl sites for hydroxylation is 1. The molecular weight excluding hydrogens is 346 g/mol. The molecule has 0 aliphatic heterocycles. The highest BCUT2D eigenvalue weighted by molar-refractivity contribution is 7.92. The molecule has 1 heterocycles. The van der Waals surface area contributed by atoms with Crippen LogP contribution in [0.4, 0.5) is 11.5 Å². The van der Waals surface area contributed by atoms with Crippen molar-refractivity contribution in [1.29, 1.82) is 0 Å². The first-order valence-electron chi connectivity index (χ1n) is 8.39. The Hall–Kier alpha value is -2.86. The topological polar surface area (TPSA) is 71.1 Å². The van der Waals surface area contributed by atoms with Crippen molar-refractivity contribution in [1.82, 2.24) is 4.98 Å². The summed E-state index contributed by atoms with van der Waals surface area (Å²) in [5.41, 5.74) is 2.99. The van der Waals surface area contributed by atoms with Gasteiger partial charge in [0.05, 0.1) is 17.6 Å². The molecule has 5 nitrogen and oxygen atoms in total. The number of aromatic nitrogens is 1. The molecule has 0 unspecified atom stereocenters. The van der Waals surface area contributed by atoms with Gasteiger partial charge in [-0.25, -0.2) is 13.4 Å². The second kappa shape index (κ2) is 8.49. The van der Waals surface area contributed by atoms with Crippen molar-refractivity contribution < 1.29 is 8.42 Å². The van der Waals surface area contributed by atoms with E-state index in [-0.39, 0.29) is 5.75 Å². The van der Waals surface area contributed by atoms with Crippen LogP contribution in [0.15, 0.2) is 79.0 Å². The first-order valence-corrected chi connectivity index (χ1v) is 10.0. The molecule has 26 heavy (non-hydrogen) atoms. The second-order valence-electron chi connectivity index (χ2n) is 5.93. The molecule has 2 N–H and O–H groups in total. The van der Waals surface area contributed by atoms with Crippen molar-refractivity contribution >= 4 is 21.5 Å². The van der Waals surface area contributed by atoms with Crippen LogP contribution in [0.1, 0.15) is 11.1 Å². The van der Waals surface area contributed by atoms with E-state index in [0.29, 0.717) is 18.8 Å². The number of hydrogen-bond acceptors (Lipinski definition) is 4. The minimum Gasteiger partial charge on any atom is -0.380 e. The fourth-order valence-electron chi connectivity index (χ4n) is 2.47. The molecule has 2 aromatic carbocycles. The zero-order valence-electron chi connectivity index (χ0n) is 14.3. The Labute approximate surface area is 154 Å². The summed E-state index contributed by atoms with van der Waals surface area (Å²) in [6.45, 7) is 0.685. The lowest BCUT2D eigenvalue weighted by Crippen LogP contribution is -2.18. The van der Waals surface area contributed by atoms with E-state index in [0.717, 1.165) is 16.8 Å². The highest BCUT2D eigenvalue weighted by Crippen LogP contribution is 2.13. The number of pyridine rings is 1. The van der Waals surface area contributed by atoms with E-state index in [2.05, 4.69) is 15.0 Å². The quantitative estimate of drug-likeness (QED) is 0.637. The summed E-state index contributed by atoms with van der Waals surface area (Å²) in [6, 6.07) is 23.0. The number of benzene rings is 2. The number of nitrogens with zero attached hydrogens (tertiary/aromatic N) is 1. The van der Waals surface area contributed by atoms with Gasteiger partial charge in [-0.1, -0.05) is 60.7 Å². The maximum Gasteiger partial charge on any atom is 0.234 e. The van der Waals surface area contributed by atoms with Gasteiger partial charge in [0.15, 0.2) is 0 Å². The Balaban J connectivity index is 1.53. The zero-order chi connectivity index (χ0) is 18.2. The number of anilines is 2. The molecule has 0 bridgehead atoms. The van der Waals surface area contributed by atoms with Crippen LogP contribution in [-0.2, 0) is 23.0 Å². The largest absolute Gasteiger partial charge is 0.380 e. The third-order valence-electron chi connectivity index (χ3n) is 3.87. The lowest BCUT2D eigenvalue weighted by atomic mass is 10.2. The maximum absolute atomic E-state index is 12.2. The first-order chi connectivity index (χ1) is 12.6. The van der Waals surface area contributed by atoms with Gasteiger partial charge in [-0.05, 0) is 29.7 Å². The van der Waals surface area contributed by atoms with E-state index >= 15 is 0 Å². The normalized spacial score (nSPS) is 11.1. The SMILES string of the molecule is O=S(=O)(CCc1ccccc1)Nc1ccc(NCc2ccccc2)cn1. The Bertz CT molecular complexity index is 912. The fourth-order valence-corrected chi connectivity index (χ4v) is 3.51. The molecule has 1 aromatic heterocycles. The van der Waals surface area contributed by atoms with Crippen molar-refractivity contribution in [2.75, 3.05) is 15.8 Å². The van der Waals surface area contributed by atoms with E-state index in [1.54, 1.807) is 12.3 Å². The number of rotatable bonds is 8. The zero-order valence-corrected chi connectivity index (χ0v) is 15.1. The molecule has 0 saturated carbocycles. The summed E-state index contributed by atoms with van der Waals surface area (Å²) in [6.07, 6.45) is 2.09. The molecule has 3 rings (SSSR count). The van der Waals surface area contributed by atoms with Gasteiger partial charge in [0.2, 0.25) is 10.0 Å². The summed E-state index contributed by atoms with van der Waals surface area (Å²) < 4.78 is 26.9. The summed E-state index contributed by atoms with van der Waals surface area (Å²) in [7, 11) is -3.43. The average molecular weight is 367 g/mol. The minimum absolute atomic E-state index is 0.0205. The smallest absolute Gasteiger partial charge is 0.234 e. The van der Waals surface area contributed by atoms with Gasteiger partial charge in [0, 0.05) is 6.54 Å². The Morgan fingerprint density at radius 3 is 2.08 bits per heavy atom. The standard InChI is InChI=1S/C20H21N3O2S/c24-26(25,14-13-17-7-3-1-4-8-17)23-20-12-11-19(16-22-20)21-15-18-9-5-2-6-10-18/h1-12,16,21H,13-15H2,(H,22,23). The molecule has 0 spiro atoms. The van der Waals surface area contributed by atoms with E-state index in [1.165, 1.54) is 0 Å². The average Bonchev–Trinajstić information content (AvgIpc) is 2.67. The van der Waals surface area contributed by atoms with Crippen LogP contribution >= 0.6 is 0 Å². The van der Waals surface area contributed by atoms with Crippen molar-refractivity contribution in [2.45, 2.75) is 13.0 Å².